The zero-order valence-corrected chi connectivity index (χ0v) is 15.0. The van der Waals surface area contributed by atoms with Crippen LogP contribution in [-0.4, -0.2) is 21.8 Å². The maximum absolute atomic E-state index is 14.1. The Labute approximate surface area is 150 Å². The molecule has 0 bridgehead atoms. The third-order valence-corrected chi connectivity index (χ3v) is 5.16. The van der Waals surface area contributed by atoms with E-state index in [1.165, 1.54) is 31.4 Å². The Bertz CT molecular complexity index is 1040. The smallest absolute Gasteiger partial charge is 0.190 e. The Morgan fingerprint density at radius 2 is 1.31 bits per heavy atom. The standard InChI is InChI=1S/C20H16F2O3S/c1-25-20-18(21)11-14(12-19(20)22)17-6-4-3-5-16(17)13-7-9-15(10-8-13)26(2,23)24/h3-12H,1-2H3. The summed E-state index contributed by atoms with van der Waals surface area (Å²) in [5.41, 5.74) is 2.46. The van der Waals surface area contributed by atoms with Crippen LogP contribution in [0, 0.1) is 11.6 Å². The van der Waals surface area contributed by atoms with E-state index in [1.807, 2.05) is 6.07 Å². The normalized spacial score (nSPS) is 11.4. The molecule has 0 aliphatic rings. The number of halogens is 2. The van der Waals surface area contributed by atoms with Crippen LogP contribution in [0.3, 0.4) is 0 Å². The fourth-order valence-corrected chi connectivity index (χ4v) is 3.41. The molecule has 0 saturated heterocycles. The number of rotatable bonds is 4. The highest BCUT2D eigenvalue weighted by atomic mass is 32.2. The molecule has 0 aliphatic carbocycles. The van der Waals surface area contributed by atoms with Gasteiger partial charge >= 0.3 is 0 Å². The molecular formula is C20H16F2O3S. The molecule has 0 aromatic heterocycles. The van der Waals surface area contributed by atoms with Crippen molar-refractivity contribution in [2.45, 2.75) is 4.90 Å². The second-order valence-electron chi connectivity index (χ2n) is 5.82. The minimum atomic E-state index is -3.30. The molecule has 3 aromatic rings. The summed E-state index contributed by atoms with van der Waals surface area (Å²) in [6.45, 7) is 0. The van der Waals surface area contributed by atoms with Gasteiger partial charge in [0.25, 0.3) is 0 Å². The highest BCUT2D eigenvalue weighted by molar-refractivity contribution is 7.90. The fourth-order valence-electron chi connectivity index (χ4n) is 2.78. The summed E-state index contributed by atoms with van der Waals surface area (Å²) in [7, 11) is -2.09. The molecule has 0 saturated carbocycles. The van der Waals surface area contributed by atoms with Gasteiger partial charge in [-0.1, -0.05) is 36.4 Å². The maximum Gasteiger partial charge on any atom is 0.190 e. The predicted octanol–water partition coefficient (Wildman–Crippen LogP) is 4.71. The molecule has 0 fully saturated rings. The van der Waals surface area contributed by atoms with Gasteiger partial charge in [-0.05, 0) is 46.5 Å². The van der Waals surface area contributed by atoms with Crippen molar-refractivity contribution in [3.05, 3.63) is 72.3 Å². The number of ether oxygens (including phenoxy) is 1. The van der Waals surface area contributed by atoms with Crippen LogP contribution in [0.4, 0.5) is 8.78 Å². The van der Waals surface area contributed by atoms with Gasteiger partial charge in [0.1, 0.15) is 0 Å². The molecule has 0 amide bonds. The first-order chi connectivity index (χ1) is 12.3. The molecule has 0 N–H and O–H groups in total. The average molecular weight is 374 g/mol. The van der Waals surface area contributed by atoms with Crippen LogP contribution >= 0.6 is 0 Å². The molecule has 26 heavy (non-hydrogen) atoms. The average Bonchev–Trinajstić information content (AvgIpc) is 2.61. The van der Waals surface area contributed by atoms with Crippen LogP contribution in [0.25, 0.3) is 22.3 Å². The lowest BCUT2D eigenvalue weighted by atomic mass is 9.94. The van der Waals surface area contributed by atoms with Gasteiger partial charge in [0, 0.05) is 6.26 Å². The van der Waals surface area contributed by atoms with Crippen LogP contribution in [0.2, 0.25) is 0 Å². The topological polar surface area (TPSA) is 43.4 Å². The zero-order chi connectivity index (χ0) is 18.9. The molecule has 3 nitrogen and oxygen atoms in total. The summed E-state index contributed by atoms with van der Waals surface area (Å²) in [5.74, 6) is -2.00. The summed E-state index contributed by atoms with van der Waals surface area (Å²) in [6, 6.07) is 15.9. The SMILES string of the molecule is COc1c(F)cc(-c2ccccc2-c2ccc(S(C)(=O)=O)cc2)cc1F. The molecule has 0 atom stereocenters. The molecular weight excluding hydrogens is 358 g/mol. The van der Waals surface area contributed by atoms with Gasteiger partial charge in [0.05, 0.1) is 12.0 Å². The minimum Gasteiger partial charge on any atom is -0.491 e. The van der Waals surface area contributed by atoms with E-state index in [4.69, 9.17) is 4.74 Å². The highest BCUT2D eigenvalue weighted by Gasteiger charge is 2.15. The van der Waals surface area contributed by atoms with E-state index in [0.29, 0.717) is 11.1 Å². The minimum absolute atomic E-state index is 0.209. The van der Waals surface area contributed by atoms with Gasteiger partial charge in [-0.3, -0.25) is 0 Å². The van der Waals surface area contributed by atoms with E-state index in [2.05, 4.69) is 0 Å². The van der Waals surface area contributed by atoms with Crippen molar-refractivity contribution < 1.29 is 21.9 Å². The van der Waals surface area contributed by atoms with Crippen molar-refractivity contribution in [2.24, 2.45) is 0 Å². The molecule has 0 aliphatic heterocycles. The summed E-state index contributed by atoms with van der Waals surface area (Å²) in [4.78, 5) is 0.209. The maximum atomic E-state index is 14.1. The molecule has 6 heteroatoms. The van der Waals surface area contributed by atoms with E-state index < -0.39 is 27.2 Å². The Morgan fingerprint density at radius 1 is 0.808 bits per heavy atom. The number of hydrogen-bond acceptors (Lipinski definition) is 3. The van der Waals surface area contributed by atoms with Crippen molar-refractivity contribution in [1.82, 2.24) is 0 Å². The van der Waals surface area contributed by atoms with Gasteiger partial charge in [-0.2, -0.15) is 0 Å². The number of sulfone groups is 1. The van der Waals surface area contributed by atoms with E-state index in [9.17, 15) is 17.2 Å². The van der Waals surface area contributed by atoms with Crippen LogP contribution in [0.5, 0.6) is 5.75 Å². The molecule has 134 valence electrons. The summed E-state index contributed by atoms with van der Waals surface area (Å²) in [6.07, 6.45) is 1.14. The molecule has 0 unspecified atom stereocenters. The van der Waals surface area contributed by atoms with Crippen LogP contribution < -0.4 is 4.74 Å². The van der Waals surface area contributed by atoms with Gasteiger partial charge in [-0.25, -0.2) is 17.2 Å². The summed E-state index contributed by atoms with van der Waals surface area (Å²) in [5, 5.41) is 0. The second kappa shape index (κ2) is 6.88. The molecule has 3 aromatic carbocycles. The van der Waals surface area contributed by atoms with Crippen molar-refractivity contribution in [3.63, 3.8) is 0 Å². The van der Waals surface area contributed by atoms with Crippen LogP contribution in [-0.2, 0) is 9.84 Å². The molecule has 0 spiro atoms. The van der Waals surface area contributed by atoms with Crippen molar-refractivity contribution >= 4 is 9.84 Å². The molecule has 0 radical (unpaired) electrons. The number of benzene rings is 3. The van der Waals surface area contributed by atoms with Gasteiger partial charge in [0.15, 0.2) is 27.2 Å². The lowest BCUT2D eigenvalue weighted by Gasteiger charge is -2.12. The Hall–Kier alpha value is -2.73. The third kappa shape index (κ3) is 3.46. The Kier molecular flexibility index (Phi) is 4.78. The first kappa shape index (κ1) is 18.1. The molecule has 0 heterocycles. The Morgan fingerprint density at radius 3 is 1.77 bits per heavy atom. The zero-order valence-electron chi connectivity index (χ0n) is 14.2. The number of hydrogen-bond donors (Lipinski definition) is 0. The summed E-state index contributed by atoms with van der Waals surface area (Å²) < 4.78 is 56.1. The monoisotopic (exact) mass is 374 g/mol. The van der Waals surface area contributed by atoms with E-state index in [-0.39, 0.29) is 4.90 Å². The Balaban J connectivity index is 2.13. The van der Waals surface area contributed by atoms with Gasteiger partial charge in [-0.15, -0.1) is 0 Å². The number of methoxy groups -OCH3 is 1. The van der Waals surface area contributed by atoms with Crippen molar-refractivity contribution in [1.29, 1.82) is 0 Å². The van der Waals surface area contributed by atoms with Crippen molar-refractivity contribution in [2.75, 3.05) is 13.4 Å². The second-order valence-corrected chi connectivity index (χ2v) is 7.83. The van der Waals surface area contributed by atoms with Crippen LogP contribution in [0.15, 0.2) is 65.6 Å². The van der Waals surface area contributed by atoms with Crippen LogP contribution in [0.1, 0.15) is 0 Å². The lowest BCUT2D eigenvalue weighted by Crippen LogP contribution is -1.97. The first-order valence-corrected chi connectivity index (χ1v) is 9.63. The van der Waals surface area contributed by atoms with E-state index in [1.54, 1.807) is 30.3 Å². The predicted molar refractivity (Wildman–Crippen MR) is 96.9 cm³/mol. The third-order valence-electron chi connectivity index (χ3n) is 4.03. The van der Waals surface area contributed by atoms with Crippen molar-refractivity contribution in [3.8, 4) is 28.0 Å². The first-order valence-electron chi connectivity index (χ1n) is 7.74. The lowest BCUT2D eigenvalue weighted by molar-refractivity contribution is 0.360. The van der Waals surface area contributed by atoms with E-state index >= 15 is 0 Å². The fraction of sp³-hybridized carbons (Fsp3) is 0.100. The summed E-state index contributed by atoms with van der Waals surface area (Å²) >= 11 is 0. The highest BCUT2D eigenvalue weighted by Crippen LogP contribution is 2.35. The van der Waals surface area contributed by atoms with Gasteiger partial charge < -0.3 is 4.74 Å². The molecule has 3 rings (SSSR count). The largest absolute Gasteiger partial charge is 0.491 e. The van der Waals surface area contributed by atoms with E-state index in [0.717, 1.165) is 17.4 Å². The quantitative estimate of drug-likeness (QED) is 0.664. The van der Waals surface area contributed by atoms with Gasteiger partial charge in [0.2, 0.25) is 0 Å².